The summed E-state index contributed by atoms with van der Waals surface area (Å²) in [5.41, 5.74) is 0.264. The molecule has 1 aliphatic rings. The van der Waals surface area contributed by atoms with Crippen molar-refractivity contribution in [3.05, 3.63) is 24.5 Å². The fourth-order valence-electron chi connectivity index (χ4n) is 2.48. The Morgan fingerprint density at radius 2 is 1.73 bits per heavy atom. The van der Waals surface area contributed by atoms with Crippen LogP contribution in [0.25, 0.3) is 11.0 Å². The molecule has 0 aromatic carbocycles. The predicted molar refractivity (Wildman–Crippen MR) is 85.7 cm³/mol. The van der Waals surface area contributed by atoms with Crippen LogP contribution >= 0.6 is 0 Å². The molecule has 0 atom stereocenters. The molecule has 118 valence electrons. The third kappa shape index (κ3) is 2.26. The van der Waals surface area contributed by atoms with Gasteiger partial charge in [0.25, 0.3) is 0 Å². The molecule has 2 aromatic heterocycles. The lowest BCUT2D eigenvalue weighted by atomic mass is 9.78. The summed E-state index contributed by atoms with van der Waals surface area (Å²) in [4.78, 5) is 4.19. The highest BCUT2D eigenvalue weighted by molar-refractivity contribution is 7.89. The average Bonchev–Trinajstić information content (AvgIpc) is 2.87. The second-order valence-electron chi connectivity index (χ2n) is 6.60. The van der Waals surface area contributed by atoms with Crippen molar-refractivity contribution in [3.8, 4) is 0 Å². The van der Waals surface area contributed by atoms with E-state index in [4.69, 9.17) is 9.31 Å². The summed E-state index contributed by atoms with van der Waals surface area (Å²) in [7, 11) is -3.95. The number of nitrogens with zero attached hydrogens (tertiary/aromatic N) is 2. The maximum Gasteiger partial charge on any atom is 0.495 e. The first-order chi connectivity index (χ1) is 10.0. The predicted octanol–water partition coefficient (Wildman–Crippen LogP) is 1.14. The number of pyridine rings is 1. The third-order valence-electron chi connectivity index (χ3n) is 4.45. The molecule has 0 N–H and O–H groups in total. The second-order valence-corrected chi connectivity index (χ2v) is 8.46. The van der Waals surface area contributed by atoms with Crippen LogP contribution in [0, 0.1) is 0 Å². The summed E-state index contributed by atoms with van der Waals surface area (Å²) >= 11 is 0. The van der Waals surface area contributed by atoms with Gasteiger partial charge in [0.1, 0.15) is 0 Å². The lowest BCUT2D eigenvalue weighted by molar-refractivity contribution is 0.00578. The number of hydrogen-bond donors (Lipinski definition) is 0. The van der Waals surface area contributed by atoms with E-state index in [0.29, 0.717) is 11.0 Å². The summed E-state index contributed by atoms with van der Waals surface area (Å²) in [6, 6.07) is 3.53. The molecular weight excluding hydrogens is 303 g/mol. The zero-order valence-electron chi connectivity index (χ0n) is 13.3. The van der Waals surface area contributed by atoms with Crippen LogP contribution in [-0.4, -0.2) is 42.0 Å². The molecule has 1 saturated heterocycles. The van der Waals surface area contributed by atoms with Gasteiger partial charge < -0.3 is 9.31 Å². The summed E-state index contributed by atoms with van der Waals surface area (Å²) < 4.78 is 36.9. The average molecular weight is 322 g/mol. The highest BCUT2D eigenvalue weighted by atomic mass is 32.2. The first-order valence-corrected chi connectivity index (χ1v) is 8.90. The van der Waals surface area contributed by atoms with Gasteiger partial charge in [0.2, 0.25) is 10.0 Å². The third-order valence-corrected chi connectivity index (χ3v) is 5.46. The summed E-state index contributed by atoms with van der Waals surface area (Å²) in [5, 5.41) is 0.714. The molecule has 0 amide bonds. The largest absolute Gasteiger partial charge is 0.495 e. The van der Waals surface area contributed by atoms with E-state index < -0.39 is 28.3 Å². The van der Waals surface area contributed by atoms with E-state index >= 15 is 0 Å². The number of rotatable bonds is 2. The van der Waals surface area contributed by atoms with Gasteiger partial charge in [-0.3, -0.25) is 0 Å². The molecule has 6 nitrogen and oxygen atoms in total. The van der Waals surface area contributed by atoms with Crippen LogP contribution < -0.4 is 5.46 Å². The molecule has 22 heavy (non-hydrogen) atoms. The summed E-state index contributed by atoms with van der Waals surface area (Å²) in [5.74, 6) is 0. The Morgan fingerprint density at radius 3 is 2.27 bits per heavy atom. The first kappa shape index (κ1) is 15.5. The van der Waals surface area contributed by atoms with Crippen molar-refractivity contribution in [1.82, 2.24) is 8.96 Å². The van der Waals surface area contributed by atoms with E-state index in [1.165, 1.54) is 6.20 Å². The quantitative estimate of drug-likeness (QED) is 0.776. The molecule has 0 radical (unpaired) electrons. The molecule has 1 aliphatic heterocycles. The lowest BCUT2D eigenvalue weighted by Crippen LogP contribution is -2.41. The Morgan fingerprint density at radius 1 is 1.14 bits per heavy atom. The molecular formula is C14H19BN2O4S. The van der Waals surface area contributed by atoms with Crippen LogP contribution in [0.5, 0.6) is 0 Å². The topological polar surface area (TPSA) is 70.4 Å². The van der Waals surface area contributed by atoms with Crippen molar-refractivity contribution >= 4 is 33.6 Å². The molecule has 1 fully saturated rings. The molecule has 0 saturated carbocycles. The van der Waals surface area contributed by atoms with Crippen molar-refractivity contribution in [2.75, 3.05) is 6.26 Å². The Bertz CT molecular complexity index is 826. The zero-order valence-corrected chi connectivity index (χ0v) is 14.1. The summed E-state index contributed by atoms with van der Waals surface area (Å²) in [6.45, 7) is 7.92. The Balaban J connectivity index is 2.13. The Labute approximate surface area is 130 Å². The smallest absolute Gasteiger partial charge is 0.399 e. The van der Waals surface area contributed by atoms with Gasteiger partial charge in [-0.25, -0.2) is 17.4 Å². The SMILES string of the molecule is CC1(C)OB(c2ccnc3c2ccn3S(C)(=O)=O)OC1(C)C. The normalized spacial score (nSPS) is 20.7. The number of fused-ring (bicyclic) bond motifs is 1. The van der Waals surface area contributed by atoms with Crippen LogP contribution in [0.1, 0.15) is 27.7 Å². The fourth-order valence-corrected chi connectivity index (χ4v) is 3.22. The van der Waals surface area contributed by atoms with E-state index in [2.05, 4.69) is 4.98 Å². The highest BCUT2D eigenvalue weighted by Crippen LogP contribution is 2.36. The van der Waals surface area contributed by atoms with Gasteiger partial charge in [-0.15, -0.1) is 0 Å². The van der Waals surface area contributed by atoms with Crippen LogP contribution in [0.4, 0.5) is 0 Å². The molecule has 0 unspecified atom stereocenters. The van der Waals surface area contributed by atoms with E-state index in [1.807, 2.05) is 27.7 Å². The lowest BCUT2D eigenvalue weighted by Gasteiger charge is -2.32. The molecule has 0 aliphatic carbocycles. The van der Waals surface area contributed by atoms with Crippen LogP contribution in [0.15, 0.2) is 24.5 Å². The van der Waals surface area contributed by atoms with Gasteiger partial charge in [-0.2, -0.15) is 0 Å². The van der Waals surface area contributed by atoms with Crippen LogP contribution in [-0.2, 0) is 19.3 Å². The molecule has 0 spiro atoms. The van der Waals surface area contributed by atoms with Gasteiger partial charge in [0, 0.05) is 17.8 Å². The van der Waals surface area contributed by atoms with Gasteiger partial charge in [0.05, 0.1) is 17.5 Å². The van der Waals surface area contributed by atoms with Crippen LogP contribution in [0.3, 0.4) is 0 Å². The zero-order chi connectivity index (χ0) is 16.3. The van der Waals surface area contributed by atoms with E-state index in [0.717, 1.165) is 15.7 Å². The monoisotopic (exact) mass is 322 g/mol. The van der Waals surface area contributed by atoms with Crippen molar-refractivity contribution in [3.63, 3.8) is 0 Å². The van der Waals surface area contributed by atoms with E-state index in [9.17, 15) is 8.42 Å². The van der Waals surface area contributed by atoms with E-state index in [1.54, 1.807) is 18.3 Å². The van der Waals surface area contributed by atoms with Crippen molar-refractivity contribution in [1.29, 1.82) is 0 Å². The molecule has 8 heteroatoms. The van der Waals surface area contributed by atoms with Crippen molar-refractivity contribution in [2.24, 2.45) is 0 Å². The van der Waals surface area contributed by atoms with Crippen molar-refractivity contribution < 1.29 is 17.7 Å². The van der Waals surface area contributed by atoms with E-state index in [-0.39, 0.29) is 0 Å². The van der Waals surface area contributed by atoms with Crippen LogP contribution in [0.2, 0.25) is 0 Å². The molecule has 3 heterocycles. The minimum absolute atomic E-state index is 0.384. The highest BCUT2D eigenvalue weighted by Gasteiger charge is 2.52. The van der Waals surface area contributed by atoms with Gasteiger partial charge in [-0.05, 0) is 45.3 Å². The Kier molecular flexibility index (Phi) is 3.22. The van der Waals surface area contributed by atoms with Crippen molar-refractivity contribution in [2.45, 2.75) is 38.9 Å². The Hall–Kier alpha value is -1.38. The number of hydrogen-bond acceptors (Lipinski definition) is 5. The van der Waals surface area contributed by atoms with Gasteiger partial charge in [-0.1, -0.05) is 0 Å². The fraction of sp³-hybridized carbons (Fsp3) is 0.500. The minimum atomic E-state index is -3.40. The first-order valence-electron chi connectivity index (χ1n) is 7.05. The van der Waals surface area contributed by atoms with Gasteiger partial charge >= 0.3 is 7.12 Å². The second kappa shape index (κ2) is 4.56. The maximum absolute atomic E-state index is 11.8. The molecule has 2 aromatic rings. The standard InChI is InChI=1S/C14H19BN2O4S/c1-13(2)14(3,4)21-15(20-13)11-6-8-16-12-10(11)7-9-17(12)22(5,18)19/h6-9H,1-5H3. The molecule has 0 bridgehead atoms. The van der Waals surface area contributed by atoms with Gasteiger partial charge in [0.15, 0.2) is 5.65 Å². The molecule has 3 rings (SSSR count). The number of aromatic nitrogens is 2. The maximum atomic E-state index is 11.8. The minimum Gasteiger partial charge on any atom is -0.399 e. The summed E-state index contributed by atoms with van der Waals surface area (Å²) in [6.07, 6.45) is 4.22.